The lowest BCUT2D eigenvalue weighted by atomic mass is 10.1. The maximum atomic E-state index is 10.8. The normalized spacial score (nSPS) is 13.4. The van der Waals surface area contributed by atoms with Gasteiger partial charge >= 0.3 is 0 Å². The molecular formula is C18H19N7OS2. The number of anilines is 2. The van der Waals surface area contributed by atoms with Crippen LogP contribution in [0.4, 0.5) is 10.9 Å². The smallest absolute Gasteiger partial charge is 0.211 e. The van der Waals surface area contributed by atoms with E-state index in [0.717, 1.165) is 17.0 Å². The number of nitrogens with zero attached hydrogens (tertiary/aromatic N) is 6. The molecule has 0 spiro atoms. The third-order valence-corrected chi connectivity index (χ3v) is 6.40. The van der Waals surface area contributed by atoms with Crippen LogP contribution in [0.3, 0.4) is 0 Å². The molecular weight excluding hydrogens is 394 g/mol. The predicted octanol–water partition coefficient (Wildman–Crippen LogP) is 3.25. The van der Waals surface area contributed by atoms with Crippen molar-refractivity contribution in [2.45, 2.75) is 32.9 Å². The van der Waals surface area contributed by atoms with E-state index in [2.05, 4.69) is 30.6 Å². The van der Waals surface area contributed by atoms with Gasteiger partial charge in [0.15, 0.2) is 16.4 Å². The van der Waals surface area contributed by atoms with E-state index in [1.54, 1.807) is 13.1 Å². The highest BCUT2D eigenvalue weighted by atomic mass is 32.1. The average molecular weight is 414 g/mol. The van der Waals surface area contributed by atoms with E-state index in [4.69, 9.17) is 0 Å². The Morgan fingerprint density at radius 3 is 2.82 bits per heavy atom. The summed E-state index contributed by atoms with van der Waals surface area (Å²) in [5, 5.41) is 30.3. The van der Waals surface area contributed by atoms with E-state index in [9.17, 15) is 5.11 Å². The lowest BCUT2D eigenvalue weighted by molar-refractivity contribution is 0.101. The monoisotopic (exact) mass is 413 g/mol. The van der Waals surface area contributed by atoms with Gasteiger partial charge in [0.05, 0.1) is 12.2 Å². The molecule has 4 aromatic heterocycles. The zero-order chi connectivity index (χ0) is 19.7. The largest absolute Gasteiger partial charge is 0.376 e. The van der Waals surface area contributed by atoms with Crippen LogP contribution in [0, 0.1) is 13.8 Å². The molecule has 144 valence electrons. The van der Waals surface area contributed by atoms with Crippen molar-refractivity contribution in [2.24, 2.45) is 0 Å². The van der Waals surface area contributed by atoms with Gasteiger partial charge in [-0.25, -0.2) is 4.98 Å². The molecule has 4 heterocycles. The van der Waals surface area contributed by atoms with E-state index >= 15 is 0 Å². The van der Waals surface area contributed by atoms with Crippen molar-refractivity contribution in [1.82, 2.24) is 29.9 Å². The van der Waals surface area contributed by atoms with Crippen molar-refractivity contribution in [3.63, 3.8) is 0 Å². The maximum Gasteiger partial charge on any atom is 0.211 e. The Morgan fingerprint density at radius 2 is 2.07 bits per heavy atom. The second kappa shape index (κ2) is 7.38. The summed E-state index contributed by atoms with van der Waals surface area (Å²) >= 11 is 2.68. The topological polar surface area (TPSA) is 102 Å². The Balaban J connectivity index is 1.47. The SMILES string of the molecule is Cc1csc(C(C)(O)c2nnc(Nc3ccn(Cc4ncccc4C)n3)s2)n1. The molecule has 4 aromatic rings. The third-order valence-electron chi connectivity index (χ3n) is 4.18. The van der Waals surface area contributed by atoms with Crippen LogP contribution in [-0.2, 0) is 12.1 Å². The molecule has 1 unspecified atom stereocenters. The molecule has 0 saturated carbocycles. The van der Waals surface area contributed by atoms with Gasteiger partial charge in [0, 0.05) is 29.5 Å². The summed E-state index contributed by atoms with van der Waals surface area (Å²) in [5.41, 5.74) is 1.70. The van der Waals surface area contributed by atoms with Crippen LogP contribution < -0.4 is 5.32 Å². The molecule has 4 rings (SSSR count). The number of hydrogen-bond donors (Lipinski definition) is 2. The number of thiazole rings is 1. The molecule has 0 aromatic carbocycles. The third kappa shape index (κ3) is 3.79. The standard InChI is InChI=1S/C18H19N7OS2/c1-11-5-4-7-19-13(11)9-25-8-6-14(24-25)21-17-23-22-16(28-17)18(3,26)15-20-12(2)10-27-15/h4-8,10,26H,9H2,1-3H3,(H,21,23,24). The first-order chi connectivity index (χ1) is 13.4. The van der Waals surface area contributed by atoms with Gasteiger partial charge in [0.2, 0.25) is 5.13 Å². The van der Waals surface area contributed by atoms with Crippen LogP contribution in [0.25, 0.3) is 0 Å². The van der Waals surface area contributed by atoms with Gasteiger partial charge in [0.25, 0.3) is 0 Å². The number of aromatic nitrogens is 6. The Morgan fingerprint density at radius 1 is 1.21 bits per heavy atom. The average Bonchev–Trinajstić information content (AvgIpc) is 3.39. The van der Waals surface area contributed by atoms with E-state index in [-0.39, 0.29) is 0 Å². The van der Waals surface area contributed by atoms with Crippen LogP contribution in [-0.4, -0.2) is 35.1 Å². The quantitative estimate of drug-likeness (QED) is 0.500. The van der Waals surface area contributed by atoms with Gasteiger partial charge in [-0.3, -0.25) is 9.67 Å². The van der Waals surface area contributed by atoms with Gasteiger partial charge in [-0.1, -0.05) is 17.4 Å². The summed E-state index contributed by atoms with van der Waals surface area (Å²) in [6.45, 7) is 6.20. The molecule has 28 heavy (non-hydrogen) atoms. The fourth-order valence-corrected chi connectivity index (χ4v) is 4.32. The van der Waals surface area contributed by atoms with Crippen LogP contribution in [0.5, 0.6) is 0 Å². The molecule has 1 atom stereocenters. The summed E-state index contributed by atoms with van der Waals surface area (Å²) in [6.07, 6.45) is 3.66. The highest BCUT2D eigenvalue weighted by Gasteiger charge is 2.33. The van der Waals surface area contributed by atoms with Gasteiger partial charge in [0.1, 0.15) is 5.01 Å². The van der Waals surface area contributed by atoms with Crippen molar-refractivity contribution in [1.29, 1.82) is 0 Å². The highest BCUT2D eigenvalue weighted by Crippen LogP contribution is 2.34. The number of hydrogen-bond acceptors (Lipinski definition) is 9. The molecule has 0 aliphatic heterocycles. The summed E-state index contributed by atoms with van der Waals surface area (Å²) in [7, 11) is 0. The first kappa shape index (κ1) is 18.7. The number of rotatable bonds is 6. The first-order valence-corrected chi connectivity index (χ1v) is 10.3. The molecule has 0 aliphatic carbocycles. The maximum absolute atomic E-state index is 10.8. The zero-order valence-corrected chi connectivity index (χ0v) is 17.3. The molecule has 0 aliphatic rings. The van der Waals surface area contributed by atoms with Crippen molar-refractivity contribution < 1.29 is 5.11 Å². The molecule has 0 bridgehead atoms. The van der Waals surface area contributed by atoms with Gasteiger partial charge in [-0.05, 0) is 32.4 Å². The number of nitrogens with one attached hydrogen (secondary N) is 1. The number of aryl methyl sites for hydroxylation is 2. The first-order valence-electron chi connectivity index (χ1n) is 8.62. The lowest BCUT2D eigenvalue weighted by Gasteiger charge is -2.16. The second-order valence-corrected chi connectivity index (χ2v) is 8.40. The second-order valence-electron chi connectivity index (χ2n) is 6.57. The summed E-state index contributed by atoms with van der Waals surface area (Å²) in [5.74, 6) is 0.654. The molecule has 10 heteroatoms. The molecule has 0 radical (unpaired) electrons. The molecule has 0 amide bonds. The molecule has 0 saturated heterocycles. The van der Waals surface area contributed by atoms with Crippen molar-refractivity contribution in [2.75, 3.05) is 5.32 Å². The summed E-state index contributed by atoms with van der Waals surface area (Å²) in [6, 6.07) is 5.81. The molecule has 0 fully saturated rings. The Bertz CT molecular complexity index is 1100. The highest BCUT2D eigenvalue weighted by molar-refractivity contribution is 7.15. The zero-order valence-electron chi connectivity index (χ0n) is 15.6. The Labute approximate surface area is 170 Å². The number of aliphatic hydroxyl groups is 1. The van der Waals surface area contributed by atoms with E-state index in [0.29, 0.717) is 27.5 Å². The predicted molar refractivity (Wildman–Crippen MR) is 109 cm³/mol. The summed E-state index contributed by atoms with van der Waals surface area (Å²) < 4.78 is 1.81. The Kier molecular flexibility index (Phi) is 4.92. The van der Waals surface area contributed by atoms with Crippen LogP contribution in [0.15, 0.2) is 36.0 Å². The minimum absolute atomic E-state index is 0.480. The Hall–Kier alpha value is -2.69. The minimum Gasteiger partial charge on any atom is -0.376 e. The van der Waals surface area contributed by atoms with Gasteiger partial charge < -0.3 is 10.4 Å². The number of pyridine rings is 1. The van der Waals surface area contributed by atoms with Crippen molar-refractivity contribution in [3.8, 4) is 0 Å². The van der Waals surface area contributed by atoms with Crippen molar-refractivity contribution >= 4 is 33.6 Å². The van der Waals surface area contributed by atoms with Gasteiger partial charge in [-0.2, -0.15) is 5.10 Å². The lowest BCUT2D eigenvalue weighted by Crippen LogP contribution is -2.22. The summed E-state index contributed by atoms with van der Waals surface area (Å²) in [4.78, 5) is 8.76. The fraction of sp³-hybridized carbons (Fsp3) is 0.278. The van der Waals surface area contributed by atoms with Crippen LogP contribution in [0.1, 0.15) is 33.9 Å². The van der Waals surface area contributed by atoms with Crippen LogP contribution >= 0.6 is 22.7 Å². The van der Waals surface area contributed by atoms with E-state index < -0.39 is 5.60 Å². The van der Waals surface area contributed by atoms with Crippen molar-refractivity contribution in [3.05, 3.63) is 62.9 Å². The van der Waals surface area contributed by atoms with Crippen LogP contribution in [0.2, 0.25) is 0 Å². The van der Waals surface area contributed by atoms with E-state index in [1.165, 1.54) is 22.7 Å². The van der Waals surface area contributed by atoms with E-state index in [1.807, 2.05) is 48.3 Å². The molecule has 8 nitrogen and oxygen atoms in total. The minimum atomic E-state index is -1.27. The molecule has 2 N–H and O–H groups in total. The van der Waals surface area contributed by atoms with Gasteiger partial charge in [-0.15, -0.1) is 21.5 Å². The fourth-order valence-electron chi connectivity index (χ4n) is 2.60.